The summed E-state index contributed by atoms with van der Waals surface area (Å²) in [6, 6.07) is 1.98. The van der Waals surface area contributed by atoms with Gasteiger partial charge in [0.15, 0.2) is 0 Å². The van der Waals surface area contributed by atoms with Crippen LogP contribution in [0.25, 0.3) is 0 Å². The number of anilines is 2. The molecule has 0 aliphatic rings. The largest absolute Gasteiger partial charge is 0.397 e. The highest BCUT2D eigenvalue weighted by Gasteiger charge is 2.21. The smallest absolute Gasteiger partial charge is 0.0583 e. The Hall–Kier alpha value is -1.44. The fraction of sp³-hybridized carbons (Fsp3) is 0.429. The highest BCUT2D eigenvalue weighted by atomic mass is 14.7. The highest BCUT2D eigenvalue weighted by Crippen LogP contribution is 2.35. The number of rotatable bonds is 3. The van der Waals surface area contributed by atoms with Crippen molar-refractivity contribution in [2.24, 2.45) is 0 Å². The Morgan fingerprint density at radius 3 is 2.38 bits per heavy atom. The maximum absolute atomic E-state index is 6.00. The average molecular weight is 218 g/mol. The lowest BCUT2D eigenvalue weighted by atomic mass is 9.80. The summed E-state index contributed by atoms with van der Waals surface area (Å²) in [5.41, 5.74) is 16.9. The quantitative estimate of drug-likeness (QED) is 0.604. The Kier molecular flexibility index (Phi) is 3.32. The van der Waals surface area contributed by atoms with Gasteiger partial charge in [0.1, 0.15) is 0 Å². The summed E-state index contributed by atoms with van der Waals surface area (Å²) >= 11 is 0. The minimum absolute atomic E-state index is 0.0736. The molecule has 0 bridgehead atoms. The monoisotopic (exact) mass is 218 g/mol. The molecule has 1 aromatic carbocycles. The van der Waals surface area contributed by atoms with Gasteiger partial charge in [0.05, 0.1) is 11.4 Å². The van der Waals surface area contributed by atoms with Crippen molar-refractivity contribution in [3.05, 3.63) is 35.4 Å². The van der Waals surface area contributed by atoms with Crippen molar-refractivity contribution in [2.75, 3.05) is 11.5 Å². The molecule has 0 saturated heterocycles. The topological polar surface area (TPSA) is 52.0 Å². The molecule has 16 heavy (non-hydrogen) atoms. The predicted octanol–water partition coefficient (Wildman–Crippen LogP) is 3.19. The molecule has 0 atom stereocenters. The lowest BCUT2D eigenvalue weighted by Gasteiger charge is -2.26. The van der Waals surface area contributed by atoms with E-state index < -0.39 is 0 Å². The van der Waals surface area contributed by atoms with E-state index in [2.05, 4.69) is 34.3 Å². The minimum Gasteiger partial charge on any atom is -0.397 e. The van der Waals surface area contributed by atoms with Crippen LogP contribution in [0.2, 0.25) is 0 Å². The van der Waals surface area contributed by atoms with Gasteiger partial charge in [-0.1, -0.05) is 26.8 Å². The molecular weight excluding hydrogens is 196 g/mol. The van der Waals surface area contributed by atoms with E-state index in [9.17, 15) is 0 Å². The number of allylic oxidation sites excluding steroid dienone is 1. The summed E-state index contributed by atoms with van der Waals surface area (Å²) in [7, 11) is 0. The van der Waals surface area contributed by atoms with E-state index in [0.29, 0.717) is 5.69 Å². The van der Waals surface area contributed by atoms with Gasteiger partial charge in [-0.2, -0.15) is 0 Å². The molecule has 1 rings (SSSR count). The van der Waals surface area contributed by atoms with Crippen LogP contribution in [0.4, 0.5) is 11.4 Å². The standard InChI is InChI=1S/C14H22N2/c1-6-10-9(3)11(14(4,5)7-2)8-12(15)13(10)16/h7-8H,2,6,15-16H2,1,3-5H3. The first kappa shape index (κ1) is 12.6. The van der Waals surface area contributed by atoms with Gasteiger partial charge >= 0.3 is 0 Å². The fourth-order valence-electron chi connectivity index (χ4n) is 2.12. The molecule has 0 fully saturated rings. The van der Waals surface area contributed by atoms with Gasteiger partial charge in [-0.25, -0.2) is 0 Å². The van der Waals surface area contributed by atoms with Crippen molar-refractivity contribution in [1.82, 2.24) is 0 Å². The second-order valence-corrected chi connectivity index (χ2v) is 4.81. The molecule has 0 heterocycles. The third-order valence-electron chi connectivity index (χ3n) is 3.35. The van der Waals surface area contributed by atoms with Crippen molar-refractivity contribution >= 4 is 11.4 Å². The molecule has 0 aliphatic carbocycles. The van der Waals surface area contributed by atoms with Crippen molar-refractivity contribution in [3.63, 3.8) is 0 Å². The molecule has 2 heteroatoms. The van der Waals surface area contributed by atoms with Crippen LogP contribution < -0.4 is 11.5 Å². The summed E-state index contributed by atoms with van der Waals surface area (Å²) in [5, 5.41) is 0. The molecule has 0 spiro atoms. The van der Waals surface area contributed by atoms with E-state index in [1.807, 2.05) is 12.1 Å². The van der Waals surface area contributed by atoms with Crippen LogP contribution >= 0.6 is 0 Å². The molecule has 0 radical (unpaired) electrons. The first-order valence-corrected chi connectivity index (χ1v) is 5.66. The van der Waals surface area contributed by atoms with E-state index in [0.717, 1.165) is 17.7 Å². The van der Waals surface area contributed by atoms with E-state index >= 15 is 0 Å². The maximum atomic E-state index is 6.00. The van der Waals surface area contributed by atoms with Crippen molar-refractivity contribution in [1.29, 1.82) is 0 Å². The van der Waals surface area contributed by atoms with Crippen LogP contribution in [0.1, 0.15) is 37.5 Å². The number of hydrogen-bond donors (Lipinski definition) is 2. The zero-order chi connectivity index (χ0) is 12.5. The number of hydrogen-bond acceptors (Lipinski definition) is 2. The molecule has 0 amide bonds. The lowest BCUT2D eigenvalue weighted by Crippen LogP contribution is -2.17. The number of benzene rings is 1. The first-order chi connectivity index (χ1) is 7.35. The Morgan fingerprint density at radius 1 is 1.38 bits per heavy atom. The summed E-state index contributed by atoms with van der Waals surface area (Å²) < 4.78 is 0. The summed E-state index contributed by atoms with van der Waals surface area (Å²) in [6.45, 7) is 12.4. The van der Waals surface area contributed by atoms with Gasteiger partial charge in [-0.05, 0) is 36.1 Å². The predicted molar refractivity (Wildman–Crippen MR) is 72.6 cm³/mol. The maximum Gasteiger partial charge on any atom is 0.0583 e. The molecule has 0 aliphatic heterocycles. The van der Waals surface area contributed by atoms with Gasteiger partial charge in [-0.3, -0.25) is 0 Å². The lowest BCUT2D eigenvalue weighted by molar-refractivity contribution is 0.665. The number of nitrogens with two attached hydrogens (primary N) is 2. The third-order valence-corrected chi connectivity index (χ3v) is 3.35. The van der Waals surface area contributed by atoms with Gasteiger partial charge in [0, 0.05) is 5.41 Å². The van der Waals surface area contributed by atoms with Crippen LogP contribution in [0.5, 0.6) is 0 Å². The average Bonchev–Trinajstić information content (AvgIpc) is 2.24. The summed E-state index contributed by atoms with van der Waals surface area (Å²) in [6.07, 6.45) is 2.85. The normalized spacial score (nSPS) is 11.5. The molecule has 0 saturated carbocycles. The number of nitrogen functional groups attached to an aromatic ring is 2. The minimum atomic E-state index is -0.0736. The van der Waals surface area contributed by atoms with Crippen molar-refractivity contribution in [2.45, 2.75) is 39.5 Å². The molecule has 88 valence electrons. The van der Waals surface area contributed by atoms with Crippen molar-refractivity contribution in [3.8, 4) is 0 Å². The van der Waals surface area contributed by atoms with Crippen LogP contribution in [0.3, 0.4) is 0 Å². The Bertz CT molecular complexity index is 417. The van der Waals surface area contributed by atoms with Gasteiger partial charge < -0.3 is 11.5 Å². The SMILES string of the molecule is C=CC(C)(C)c1cc(N)c(N)c(CC)c1C. The zero-order valence-corrected chi connectivity index (χ0v) is 10.7. The van der Waals surface area contributed by atoms with Gasteiger partial charge in [0.2, 0.25) is 0 Å². The van der Waals surface area contributed by atoms with Gasteiger partial charge in [0.25, 0.3) is 0 Å². The van der Waals surface area contributed by atoms with Crippen LogP contribution in [0, 0.1) is 6.92 Å². The highest BCUT2D eigenvalue weighted by molar-refractivity contribution is 5.72. The van der Waals surface area contributed by atoms with E-state index in [-0.39, 0.29) is 5.41 Å². The summed E-state index contributed by atoms with van der Waals surface area (Å²) in [5.74, 6) is 0. The third kappa shape index (κ3) is 1.92. The molecular formula is C14H22N2. The molecule has 0 aromatic heterocycles. The summed E-state index contributed by atoms with van der Waals surface area (Å²) in [4.78, 5) is 0. The van der Waals surface area contributed by atoms with E-state index in [1.165, 1.54) is 11.1 Å². The van der Waals surface area contributed by atoms with Crippen molar-refractivity contribution < 1.29 is 0 Å². The van der Waals surface area contributed by atoms with E-state index in [4.69, 9.17) is 11.5 Å². The Labute approximate surface area is 98.3 Å². The van der Waals surface area contributed by atoms with E-state index in [1.54, 1.807) is 0 Å². The van der Waals surface area contributed by atoms with Crippen LogP contribution in [-0.4, -0.2) is 0 Å². The van der Waals surface area contributed by atoms with Gasteiger partial charge in [-0.15, -0.1) is 6.58 Å². The molecule has 0 unspecified atom stereocenters. The zero-order valence-electron chi connectivity index (χ0n) is 10.7. The Balaban J connectivity index is 3.55. The fourth-order valence-corrected chi connectivity index (χ4v) is 2.12. The second-order valence-electron chi connectivity index (χ2n) is 4.81. The van der Waals surface area contributed by atoms with Crippen LogP contribution in [0.15, 0.2) is 18.7 Å². The Morgan fingerprint density at radius 2 is 1.94 bits per heavy atom. The molecule has 2 nitrogen and oxygen atoms in total. The second kappa shape index (κ2) is 4.20. The van der Waals surface area contributed by atoms with Crippen LogP contribution in [-0.2, 0) is 11.8 Å². The first-order valence-electron chi connectivity index (χ1n) is 5.66. The molecule has 4 N–H and O–H groups in total. The molecule has 1 aromatic rings.